The molecule has 0 amide bonds. The third-order valence-electron chi connectivity index (χ3n) is 2.02. The van der Waals surface area contributed by atoms with Gasteiger partial charge in [-0.1, -0.05) is 29.3 Å². The van der Waals surface area contributed by atoms with E-state index in [1.807, 2.05) is 0 Å². The van der Waals surface area contributed by atoms with Gasteiger partial charge in [0, 0.05) is 22.9 Å². The van der Waals surface area contributed by atoms with Gasteiger partial charge in [0.05, 0.1) is 6.10 Å². The highest BCUT2D eigenvalue weighted by Crippen LogP contribution is 2.25. The number of rotatable bonds is 3. The predicted octanol–water partition coefficient (Wildman–Crippen LogP) is 3.31. The van der Waals surface area contributed by atoms with Gasteiger partial charge in [-0.25, -0.2) is 0 Å². The summed E-state index contributed by atoms with van der Waals surface area (Å²) in [5.41, 5.74) is 0.784. The van der Waals surface area contributed by atoms with E-state index in [4.69, 9.17) is 23.2 Å². The average molecular weight is 243 g/mol. The van der Waals surface area contributed by atoms with Crippen LogP contribution in [0.15, 0.2) is 18.2 Å². The van der Waals surface area contributed by atoms with Gasteiger partial charge in [0.25, 0.3) is 0 Å². The molecule has 0 saturated carbocycles. The third kappa shape index (κ3) is 3.76. The maximum atomic E-state index is 9.66. The number of halogens is 2. The second kappa shape index (κ2) is 6.02. The zero-order valence-corrected chi connectivity index (χ0v) is 9.94. The summed E-state index contributed by atoms with van der Waals surface area (Å²) in [6.07, 6.45) is 0.362. The molecule has 1 rings (SSSR count). The topological polar surface area (TPSA) is 20.2 Å². The Kier molecular flexibility index (Phi) is 4.98. The van der Waals surface area contributed by atoms with E-state index in [0.717, 1.165) is 5.56 Å². The minimum atomic E-state index is -0.519. The number of hydrogen-bond donors (Lipinski definition) is 1. The Morgan fingerprint density at radius 1 is 1.33 bits per heavy atom. The van der Waals surface area contributed by atoms with Crippen LogP contribution in [0.1, 0.15) is 18.9 Å². The van der Waals surface area contributed by atoms with Crippen molar-refractivity contribution in [2.24, 2.45) is 0 Å². The molecule has 0 spiro atoms. The fourth-order valence-corrected chi connectivity index (χ4v) is 1.81. The van der Waals surface area contributed by atoms with Crippen molar-refractivity contribution in [3.63, 3.8) is 0 Å². The lowest BCUT2D eigenvalue weighted by molar-refractivity contribution is 0.181. The summed E-state index contributed by atoms with van der Waals surface area (Å²) in [7, 11) is 0. The summed E-state index contributed by atoms with van der Waals surface area (Å²) in [5.74, 6) is 5.56. The molecule has 1 unspecified atom stereocenters. The molecule has 15 heavy (non-hydrogen) atoms. The van der Waals surface area contributed by atoms with Crippen molar-refractivity contribution >= 4 is 23.2 Å². The number of aliphatic hydroxyl groups is 1. The molecule has 3 heteroatoms. The molecule has 0 aromatic heterocycles. The lowest BCUT2D eigenvalue weighted by atomic mass is 10.1. The van der Waals surface area contributed by atoms with Crippen molar-refractivity contribution < 1.29 is 5.11 Å². The minimum Gasteiger partial charge on any atom is -0.392 e. The van der Waals surface area contributed by atoms with Crippen LogP contribution >= 0.6 is 23.2 Å². The number of hydrogen-bond acceptors (Lipinski definition) is 1. The van der Waals surface area contributed by atoms with E-state index in [2.05, 4.69) is 11.8 Å². The van der Waals surface area contributed by atoms with Gasteiger partial charge in [0.1, 0.15) is 0 Å². The molecule has 80 valence electrons. The second-order valence-electron chi connectivity index (χ2n) is 3.19. The normalized spacial score (nSPS) is 11.7. The lowest BCUT2D eigenvalue weighted by Gasteiger charge is -2.10. The Morgan fingerprint density at radius 3 is 2.47 bits per heavy atom. The van der Waals surface area contributed by atoms with Gasteiger partial charge >= 0.3 is 0 Å². The highest BCUT2D eigenvalue weighted by Gasteiger charge is 2.10. The van der Waals surface area contributed by atoms with E-state index in [1.54, 1.807) is 25.1 Å². The first kappa shape index (κ1) is 12.4. The lowest BCUT2D eigenvalue weighted by Crippen LogP contribution is -2.10. The van der Waals surface area contributed by atoms with Gasteiger partial charge in [-0.15, -0.1) is 11.8 Å². The van der Waals surface area contributed by atoms with Crippen molar-refractivity contribution in [3.05, 3.63) is 33.8 Å². The van der Waals surface area contributed by atoms with Crippen molar-refractivity contribution in [2.75, 3.05) is 0 Å². The van der Waals surface area contributed by atoms with Crippen molar-refractivity contribution in [1.82, 2.24) is 0 Å². The Bertz CT molecular complexity index is 370. The Hall–Kier alpha value is -0.680. The molecular formula is C12H12Cl2O. The molecule has 1 N–H and O–H groups in total. The summed E-state index contributed by atoms with van der Waals surface area (Å²) in [5, 5.41) is 10.8. The van der Waals surface area contributed by atoms with E-state index < -0.39 is 6.10 Å². The van der Waals surface area contributed by atoms with E-state index in [9.17, 15) is 5.11 Å². The summed E-state index contributed by atoms with van der Waals surface area (Å²) in [6, 6.07) is 5.31. The standard InChI is InChI=1S/C12H12Cl2O/c1-2-3-5-9(15)8-10-11(13)6-4-7-12(10)14/h4,6-7,9,15H,5,8H2,1H3. The van der Waals surface area contributed by atoms with Crippen LogP contribution in [0.4, 0.5) is 0 Å². The molecule has 1 aromatic rings. The first-order valence-electron chi connectivity index (χ1n) is 4.65. The van der Waals surface area contributed by atoms with Gasteiger partial charge < -0.3 is 5.11 Å². The van der Waals surface area contributed by atoms with Crippen LogP contribution in [0, 0.1) is 11.8 Å². The van der Waals surface area contributed by atoms with E-state index in [-0.39, 0.29) is 0 Å². The summed E-state index contributed by atoms with van der Waals surface area (Å²) < 4.78 is 0. The van der Waals surface area contributed by atoms with Crippen LogP contribution in [0.3, 0.4) is 0 Å². The highest BCUT2D eigenvalue weighted by atomic mass is 35.5. The molecular weight excluding hydrogens is 231 g/mol. The van der Waals surface area contributed by atoms with Crippen LogP contribution < -0.4 is 0 Å². The first-order chi connectivity index (χ1) is 7.15. The van der Waals surface area contributed by atoms with Crippen molar-refractivity contribution in [2.45, 2.75) is 25.9 Å². The molecule has 0 aliphatic carbocycles. The molecule has 1 aromatic carbocycles. The van der Waals surface area contributed by atoms with Crippen LogP contribution in [0.2, 0.25) is 10.0 Å². The largest absolute Gasteiger partial charge is 0.392 e. The summed E-state index contributed by atoms with van der Waals surface area (Å²) >= 11 is 12.0. The number of benzene rings is 1. The van der Waals surface area contributed by atoms with Crippen LogP contribution in [0.5, 0.6) is 0 Å². The molecule has 0 fully saturated rings. The van der Waals surface area contributed by atoms with E-state index in [0.29, 0.717) is 22.9 Å². The van der Waals surface area contributed by atoms with Crippen LogP contribution in [-0.2, 0) is 6.42 Å². The molecule has 0 radical (unpaired) electrons. The SMILES string of the molecule is CC#CCC(O)Cc1c(Cl)cccc1Cl. The maximum Gasteiger partial charge on any atom is 0.0690 e. The fraction of sp³-hybridized carbons (Fsp3) is 0.333. The quantitative estimate of drug-likeness (QED) is 0.807. The molecule has 1 nitrogen and oxygen atoms in total. The Labute approximate surface area is 100 Å². The zero-order chi connectivity index (χ0) is 11.3. The van der Waals surface area contributed by atoms with Gasteiger partial charge in [-0.05, 0) is 24.6 Å². The van der Waals surface area contributed by atoms with Gasteiger partial charge in [-0.3, -0.25) is 0 Å². The smallest absolute Gasteiger partial charge is 0.0690 e. The van der Waals surface area contributed by atoms with E-state index in [1.165, 1.54) is 0 Å². The summed E-state index contributed by atoms with van der Waals surface area (Å²) in [6.45, 7) is 1.75. The third-order valence-corrected chi connectivity index (χ3v) is 2.72. The number of aliphatic hydroxyl groups excluding tert-OH is 1. The maximum absolute atomic E-state index is 9.66. The fourth-order valence-electron chi connectivity index (χ4n) is 1.26. The van der Waals surface area contributed by atoms with Crippen molar-refractivity contribution in [1.29, 1.82) is 0 Å². The first-order valence-corrected chi connectivity index (χ1v) is 5.41. The Balaban J connectivity index is 2.74. The molecule has 0 aliphatic heterocycles. The van der Waals surface area contributed by atoms with Crippen LogP contribution in [0.25, 0.3) is 0 Å². The summed E-state index contributed by atoms with van der Waals surface area (Å²) in [4.78, 5) is 0. The van der Waals surface area contributed by atoms with Gasteiger partial charge in [0.2, 0.25) is 0 Å². The molecule has 0 aliphatic rings. The highest BCUT2D eigenvalue weighted by molar-refractivity contribution is 6.35. The van der Waals surface area contributed by atoms with E-state index >= 15 is 0 Å². The average Bonchev–Trinajstić information content (AvgIpc) is 2.21. The molecule has 1 atom stereocenters. The Morgan fingerprint density at radius 2 is 1.93 bits per heavy atom. The zero-order valence-electron chi connectivity index (χ0n) is 8.43. The molecule has 0 bridgehead atoms. The molecule has 0 heterocycles. The monoisotopic (exact) mass is 242 g/mol. The van der Waals surface area contributed by atoms with Crippen molar-refractivity contribution in [3.8, 4) is 11.8 Å². The predicted molar refractivity (Wildman–Crippen MR) is 64.2 cm³/mol. The van der Waals surface area contributed by atoms with Gasteiger partial charge in [-0.2, -0.15) is 0 Å². The van der Waals surface area contributed by atoms with Crippen LogP contribution in [-0.4, -0.2) is 11.2 Å². The van der Waals surface area contributed by atoms with Gasteiger partial charge in [0.15, 0.2) is 0 Å². The minimum absolute atomic E-state index is 0.438. The molecule has 0 saturated heterocycles. The second-order valence-corrected chi connectivity index (χ2v) is 4.00.